The largest absolute Gasteiger partial charge is 0.497 e. The van der Waals surface area contributed by atoms with Gasteiger partial charge >= 0.3 is 5.97 Å². The summed E-state index contributed by atoms with van der Waals surface area (Å²) in [7, 11) is 1.61. The number of carbonyl (C=O) groups excluding carboxylic acids is 1. The summed E-state index contributed by atoms with van der Waals surface area (Å²) < 4.78 is 10.4. The van der Waals surface area contributed by atoms with Crippen molar-refractivity contribution in [3.63, 3.8) is 0 Å². The van der Waals surface area contributed by atoms with Crippen LogP contribution in [0.25, 0.3) is 11.8 Å². The van der Waals surface area contributed by atoms with Gasteiger partial charge in [-0.25, -0.2) is 4.79 Å². The van der Waals surface area contributed by atoms with Crippen LogP contribution in [-0.4, -0.2) is 13.1 Å². The molecule has 1 heterocycles. The molecule has 1 aliphatic rings. The fourth-order valence-corrected chi connectivity index (χ4v) is 2.42. The highest BCUT2D eigenvalue weighted by molar-refractivity contribution is 6.42. The van der Waals surface area contributed by atoms with Gasteiger partial charge in [0.2, 0.25) is 0 Å². The second-order valence-corrected chi connectivity index (χ2v) is 5.30. The number of hydrogen-bond acceptors (Lipinski definition) is 3. The lowest BCUT2D eigenvalue weighted by atomic mass is 10.1. The van der Waals surface area contributed by atoms with Gasteiger partial charge < -0.3 is 9.47 Å². The number of benzene rings is 2. The Hall–Kier alpha value is -1.97. The topological polar surface area (TPSA) is 35.5 Å². The van der Waals surface area contributed by atoms with Crippen LogP contribution in [0, 0.1) is 0 Å². The lowest BCUT2D eigenvalue weighted by Gasteiger charge is -2.02. The monoisotopic (exact) mass is 320 g/mol. The van der Waals surface area contributed by atoms with Crippen LogP contribution in [0.5, 0.6) is 5.75 Å². The van der Waals surface area contributed by atoms with E-state index in [0.29, 0.717) is 26.9 Å². The van der Waals surface area contributed by atoms with E-state index < -0.39 is 5.97 Å². The molecule has 2 aromatic rings. The molecule has 3 nitrogen and oxygen atoms in total. The molecule has 0 aromatic heterocycles. The Bertz CT molecular complexity index is 749. The maximum Gasteiger partial charge on any atom is 0.344 e. The third-order valence-corrected chi connectivity index (χ3v) is 3.88. The predicted molar refractivity (Wildman–Crippen MR) is 82.7 cm³/mol. The van der Waals surface area contributed by atoms with Crippen LogP contribution in [0.2, 0.25) is 10.0 Å². The summed E-state index contributed by atoms with van der Waals surface area (Å²) in [6.45, 7) is 0. The van der Waals surface area contributed by atoms with Crippen LogP contribution >= 0.6 is 23.2 Å². The number of fused-ring (bicyclic) bond motifs is 1. The number of esters is 1. The fourth-order valence-electron chi connectivity index (χ4n) is 2.09. The van der Waals surface area contributed by atoms with Crippen molar-refractivity contribution in [3.8, 4) is 5.75 Å². The molecule has 5 heteroatoms. The van der Waals surface area contributed by atoms with E-state index in [-0.39, 0.29) is 0 Å². The number of carbonyl (C=O) groups is 1. The molecule has 0 N–H and O–H groups in total. The molecule has 1 aliphatic heterocycles. The van der Waals surface area contributed by atoms with E-state index >= 15 is 0 Å². The Morgan fingerprint density at radius 1 is 1.05 bits per heavy atom. The molecule has 0 radical (unpaired) electrons. The van der Waals surface area contributed by atoms with E-state index in [0.717, 1.165) is 11.3 Å². The first-order valence-electron chi connectivity index (χ1n) is 6.16. The Balaban J connectivity index is 2.03. The van der Waals surface area contributed by atoms with Crippen molar-refractivity contribution in [2.45, 2.75) is 0 Å². The van der Waals surface area contributed by atoms with Gasteiger partial charge in [0.25, 0.3) is 0 Å². The Morgan fingerprint density at radius 3 is 2.29 bits per heavy atom. The Kier molecular flexibility index (Phi) is 3.62. The summed E-state index contributed by atoms with van der Waals surface area (Å²) in [4.78, 5) is 11.8. The van der Waals surface area contributed by atoms with Crippen molar-refractivity contribution in [2.24, 2.45) is 0 Å². The third-order valence-electron chi connectivity index (χ3n) is 3.16. The zero-order valence-corrected chi connectivity index (χ0v) is 12.5. The predicted octanol–water partition coefficient (Wildman–Crippen LogP) is 4.67. The minimum atomic E-state index is -0.427. The second kappa shape index (κ2) is 5.43. The SMILES string of the molecule is COc1ccc(/C=C2\OC(=O)c3cc(Cl)c(Cl)cc32)cc1. The molecule has 0 aliphatic carbocycles. The van der Waals surface area contributed by atoms with E-state index in [1.54, 1.807) is 19.3 Å². The summed E-state index contributed by atoms with van der Waals surface area (Å²) in [5.74, 6) is 0.790. The molecular formula is C16H10Cl2O3. The lowest BCUT2D eigenvalue weighted by molar-refractivity contribution is 0.0717. The van der Waals surface area contributed by atoms with Crippen LogP contribution in [0.15, 0.2) is 36.4 Å². The van der Waals surface area contributed by atoms with Crippen LogP contribution < -0.4 is 4.74 Å². The Morgan fingerprint density at radius 2 is 1.67 bits per heavy atom. The minimum Gasteiger partial charge on any atom is -0.497 e. The molecule has 0 saturated carbocycles. The van der Waals surface area contributed by atoms with E-state index in [4.69, 9.17) is 32.7 Å². The van der Waals surface area contributed by atoms with Crippen LogP contribution in [0.3, 0.4) is 0 Å². The maximum absolute atomic E-state index is 11.8. The third kappa shape index (κ3) is 2.62. The van der Waals surface area contributed by atoms with Gasteiger partial charge in [0.05, 0.1) is 22.7 Å². The highest BCUT2D eigenvalue weighted by Crippen LogP contribution is 2.36. The van der Waals surface area contributed by atoms with Crippen LogP contribution in [0.1, 0.15) is 21.5 Å². The van der Waals surface area contributed by atoms with Gasteiger partial charge in [0.15, 0.2) is 0 Å². The van der Waals surface area contributed by atoms with Crippen molar-refractivity contribution in [3.05, 3.63) is 63.1 Å². The number of rotatable bonds is 2. The molecule has 0 unspecified atom stereocenters. The van der Waals surface area contributed by atoms with Crippen molar-refractivity contribution >= 4 is 41.0 Å². The van der Waals surface area contributed by atoms with Crippen molar-refractivity contribution < 1.29 is 14.3 Å². The smallest absolute Gasteiger partial charge is 0.344 e. The van der Waals surface area contributed by atoms with E-state index in [1.807, 2.05) is 24.3 Å². The van der Waals surface area contributed by atoms with Gasteiger partial charge in [-0.05, 0) is 35.9 Å². The average molecular weight is 321 g/mol. The number of cyclic esters (lactones) is 1. The quantitative estimate of drug-likeness (QED) is 0.754. The molecule has 0 fully saturated rings. The molecule has 0 atom stereocenters. The van der Waals surface area contributed by atoms with Crippen molar-refractivity contribution in [1.82, 2.24) is 0 Å². The summed E-state index contributed by atoms with van der Waals surface area (Å²) in [5, 5.41) is 0.715. The van der Waals surface area contributed by atoms with E-state index in [1.165, 1.54) is 6.07 Å². The summed E-state index contributed by atoms with van der Waals surface area (Å²) in [5.41, 5.74) is 1.95. The normalized spacial score (nSPS) is 15.0. The molecule has 3 rings (SSSR count). The van der Waals surface area contributed by atoms with Gasteiger partial charge in [-0.15, -0.1) is 0 Å². The zero-order valence-electron chi connectivity index (χ0n) is 11.0. The molecule has 0 bridgehead atoms. The molecule has 0 spiro atoms. The number of hydrogen-bond donors (Lipinski definition) is 0. The number of ether oxygens (including phenoxy) is 2. The van der Waals surface area contributed by atoms with E-state index in [9.17, 15) is 4.79 Å². The molecule has 0 amide bonds. The van der Waals surface area contributed by atoms with Gasteiger partial charge in [0, 0.05) is 5.56 Å². The summed E-state index contributed by atoms with van der Waals surface area (Å²) in [6, 6.07) is 10.6. The first-order valence-corrected chi connectivity index (χ1v) is 6.91. The number of methoxy groups -OCH3 is 1. The average Bonchev–Trinajstić information content (AvgIpc) is 2.77. The Labute approximate surface area is 131 Å². The van der Waals surface area contributed by atoms with Crippen molar-refractivity contribution in [1.29, 1.82) is 0 Å². The minimum absolute atomic E-state index is 0.332. The van der Waals surface area contributed by atoms with Gasteiger partial charge in [-0.1, -0.05) is 35.3 Å². The molecule has 106 valence electrons. The first kappa shape index (κ1) is 14.0. The van der Waals surface area contributed by atoms with Gasteiger partial charge in [-0.3, -0.25) is 0 Å². The summed E-state index contributed by atoms with van der Waals surface area (Å²) in [6.07, 6.45) is 1.77. The van der Waals surface area contributed by atoms with Crippen molar-refractivity contribution in [2.75, 3.05) is 7.11 Å². The second-order valence-electron chi connectivity index (χ2n) is 4.48. The van der Waals surface area contributed by atoms with Gasteiger partial charge in [0.1, 0.15) is 11.5 Å². The molecule has 0 saturated heterocycles. The lowest BCUT2D eigenvalue weighted by Crippen LogP contribution is -1.93. The zero-order chi connectivity index (χ0) is 15.0. The van der Waals surface area contributed by atoms with Crippen LogP contribution in [0.4, 0.5) is 0 Å². The van der Waals surface area contributed by atoms with Gasteiger partial charge in [-0.2, -0.15) is 0 Å². The standard InChI is InChI=1S/C16H10Cl2O3/c1-20-10-4-2-9(3-5-10)6-15-11-7-13(17)14(18)8-12(11)16(19)21-15/h2-8H,1H3/b15-6-. The maximum atomic E-state index is 11.8. The highest BCUT2D eigenvalue weighted by Gasteiger charge is 2.27. The molecular weight excluding hydrogens is 311 g/mol. The molecule has 21 heavy (non-hydrogen) atoms. The summed E-state index contributed by atoms with van der Waals surface area (Å²) >= 11 is 11.9. The highest BCUT2D eigenvalue weighted by atomic mass is 35.5. The van der Waals surface area contributed by atoms with E-state index in [2.05, 4.69) is 0 Å². The number of halogens is 2. The first-order chi connectivity index (χ1) is 10.1. The fraction of sp³-hybridized carbons (Fsp3) is 0.0625. The molecule has 2 aromatic carbocycles. The van der Waals surface area contributed by atoms with Crippen LogP contribution in [-0.2, 0) is 4.74 Å².